The van der Waals surface area contributed by atoms with E-state index in [2.05, 4.69) is 11.9 Å². The van der Waals surface area contributed by atoms with Gasteiger partial charge >= 0.3 is 0 Å². The van der Waals surface area contributed by atoms with E-state index in [-0.39, 0.29) is 18.2 Å². The van der Waals surface area contributed by atoms with Gasteiger partial charge in [0.05, 0.1) is 11.6 Å². The van der Waals surface area contributed by atoms with E-state index in [0.29, 0.717) is 24.3 Å². The molecule has 1 aromatic rings. The third-order valence-electron chi connectivity index (χ3n) is 2.68. The number of carbonyl (C=O) groups excluding carboxylic acids is 2. The maximum Gasteiger partial charge on any atom is 0.226 e. The van der Waals surface area contributed by atoms with Crippen molar-refractivity contribution in [2.24, 2.45) is 0 Å². The Morgan fingerprint density at radius 3 is 2.85 bits per heavy atom. The molecule has 0 heterocycles. The summed E-state index contributed by atoms with van der Waals surface area (Å²) in [6, 6.07) is 8.69. The maximum atomic E-state index is 11.8. The number of nitriles is 1. The first-order valence-electron chi connectivity index (χ1n) is 6.23. The minimum Gasteiger partial charge on any atom is -0.339 e. The molecule has 0 spiro atoms. The molecule has 20 heavy (non-hydrogen) atoms. The lowest BCUT2D eigenvalue weighted by Gasteiger charge is -2.18. The van der Waals surface area contributed by atoms with Gasteiger partial charge in [0, 0.05) is 32.1 Å². The van der Waals surface area contributed by atoms with Gasteiger partial charge in [0.15, 0.2) is 0 Å². The molecule has 0 saturated carbocycles. The van der Waals surface area contributed by atoms with Crippen LogP contribution in [0.4, 0.5) is 5.69 Å². The number of nitrogens with zero attached hydrogens (tertiary/aromatic N) is 2. The van der Waals surface area contributed by atoms with E-state index in [0.717, 1.165) is 0 Å². The molecule has 0 aliphatic heterocycles. The van der Waals surface area contributed by atoms with Gasteiger partial charge in [-0.1, -0.05) is 12.1 Å². The first-order valence-corrected chi connectivity index (χ1v) is 6.23. The van der Waals surface area contributed by atoms with Crippen LogP contribution in [0.2, 0.25) is 0 Å². The zero-order valence-electron chi connectivity index (χ0n) is 11.4. The molecule has 0 fully saturated rings. The molecule has 0 saturated heterocycles. The molecule has 104 valence electrons. The molecule has 0 bridgehead atoms. The Labute approximate surface area is 118 Å². The SMILES string of the molecule is C=CCN(CCC(=O)Nc1cccc(C#N)c1)C(C)=O. The zero-order chi connectivity index (χ0) is 15.0. The van der Waals surface area contributed by atoms with Gasteiger partial charge in [-0.2, -0.15) is 5.26 Å². The number of hydrogen-bond acceptors (Lipinski definition) is 3. The highest BCUT2D eigenvalue weighted by molar-refractivity contribution is 5.91. The van der Waals surface area contributed by atoms with E-state index >= 15 is 0 Å². The number of rotatable bonds is 6. The molecule has 1 rings (SSSR count). The van der Waals surface area contributed by atoms with Crippen LogP contribution in [-0.4, -0.2) is 29.8 Å². The normalized spacial score (nSPS) is 9.40. The molecule has 0 aromatic heterocycles. The summed E-state index contributed by atoms with van der Waals surface area (Å²) in [6.45, 7) is 5.79. The Morgan fingerprint density at radius 1 is 1.50 bits per heavy atom. The van der Waals surface area contributed by atoms with E-state index < -0.39 is 0 Å². The third-order valence-corrected chi connectivity index (χ3v) is 2.68. The molecule has 0 atom stereocenters. The average Bonchev–Trinajstić information content (AvgIpc) is 2.43. The Hall–Kier alpha value is -2.61. The molecule has 0 unspecified atom stereocenters. The molecule has 1 N–H and O–H groups in total. The van der Waals surface area contributed by atoms with Crippen molar-refractivity contribution in [1.29, 1.82) is 5.26 Å². The number of benzene rings is 1. The first-order chi connectivity index (χ1) is 9.56. The Bertz CT molecular complexity index is 546. The van der Waals surface area contributed by atoms with Gasteiger partial charge in [-0.3, -0.25) is 9.59 Å². The fourth-order valence-corrected chi connectivity index (χ4v) is 1.66. The smallest absolute Gasteiger partial charge is 0.226 e. The number of anilines is 1. The fourth-order valence-electron chi connectivity index (χ4n) is 1.66. The summed E-state index contributed by atoms with van der Waals surface area (Å²) in [5, 5.41) is 11.5. The van der Waals surface area contributed by atoms with Crippen LogP contribution in [0.3, 0.4) is 0 Å². The summed E-state index contributed by atoms with van der Waals surface area (Å²) >= 11 is 0. The molecular formula is C15H17N3O2. The lowest BCUT2D eigenvalue weighted by molar-refractivity contribution is -0.128. The Balaban J connectivity index is 2.53. The second kappa shape index (κ2) is 7.74. The quantitative estimate of drug-likeness (QED) is 0.803. The molecule has 5 heteroatoms. The summed E-state index contributed by atoms with van der Waals surface area (Å²) in [5.74, 6) is -0.292. The Kier molecular flexibility index (Phi) is 5.98. The molecule has 5 nitrogen and oxygen atoms in total. The van der Waals surface area contributed by atoms with E-state index in [1.807, 2.05) is 6.07 Å². The van der Waals surface area contributed by atoms with Crippen LogP contribution in [0.1, 0.15) is 18.9 Å². The van der Waals surface area contributed by atoms with Crippen molar-refractivity contribution in [2.75, 3.05) is 18.4 Å². The van der Waals surface area contributed by atoms with E-state index in [1.165, 1.54) is 11.8 Å². The van der Waals surface area contributed by atoms with Crippen LogP contribution in [0.15, 0.2) is 36.9 Å². The van der Waals surface area contributed by atoms with Gasteiger partial charge in [0.25, 0.3) is 0 Å². The van der Waals surface area contributed by atoms with E-state index in [4.69, 9.17) is 5.26 Å². The lowest BCUT2D eigenvalue weighted by Crippen LogP contribution is -2.32. The van der Waals surface area contributed by atoms with Crippen LogP contribution < -0.4 is 5.32 Å². The van der Waals surface area contributed by atoms with Crippen molar-refractivity contribution < 1.29 is 9.59 Å². The van der Waals surface area contributed by atoms with Crippen molar-refractivity contribution in [3.05, 3.63) is 42.5 Å². The van der Waals surface area contributed by atoms with Crippen LogP contribution in [0, 0.1) is 11.3 Å². The fraction of sp³-hybridized carbons (Fsp3) is 0.267. The molecule has 1 aromatic carbocycles. The number of nitrogens with one attached hydrogen (secondary N) is 1. The molecular weight excluding hydrogens is 254 g/mol. The number of hydrogen-bond donors (Lipinski definition) is 1. The van der Waals surface area contributed by atoms with Crippen molar-refractivity contribution in [3.8, 4) is 6.07 Å². The predicted octanol–water partition coefficient (Wildman–Crippen LogP) is 1.92. The van der Waals surface area contributed by atoms with Gasteiger partial charge in [-0.05, 0) is 18.2 Å². The van der Waals surface area contributed by atoms with Crippen molar-refractivity contribution in [1.82, 2.24) is 4.90 Å². The van der Waals surface area contributed by atoms with Crippen LogP contribution in [0.25, 0.3) is 0 Å². The van der Waals surface area contributed by atoms with Crippen molar-refractivity contribution in [2.45, 2.75) is 13.3 Å². The second-order valence-corrected chi connectivity index (χ2v) is 4.24. The topological polar surface area (TPSA) is 73.2 Å². The summed E-state index contributed by atoms with van der Waals surface area (Å²) in [5.41, 5.74) is 1.06. The minimum atomic E-state index is -0.199. The zero-order valence-corrected chi connectivity index (χ0v) is 11.4. The van der Waals surface area contributed by atoms with Crippen molar-refractivity contribution >= 4 is 17.5 Å². The van der Waals surface area contributed by atoms with Crippen LogP contribution in [-0.2, 0) is 9.59 Å². The largest absolute Gasteiger partial charge is 0.339 e. The molecule has 0 aliphatic carbocycles. The first kappa shape index (κ1) is 15.4. The summed E-state index contributed by atoms with van der Waals surface area (Å²) in [7, 11) is 0. The van der Waals surface area contributed by atoms with Gasteiger partial charge in [-0.15, -0.1) is 6.58 Å². The van der Waals surface area contributed by atoms with Gasteiger partial charge in [-0.25, -0.2) is 0 Å². The minimum absolute atomic E-state index is 0.0934. The molecule has 2 amide bonds. The second-order valence-electron chi connectivity index (χ2n) is 4.24. The highest BCUT2D eigenvalue weighted by Crippen LogP contribution is 2.10. The summed E-state index contributed by atoms with van der Waals surface area (Å²) in [4.78, 5) is 24.6. The number of amides is 2. The maximum absolute atomic E-state index is 11.8. The predicted molar refractivity (Wildman–Crippen MR) is 76.9 cm³/mol. The summed E-state index contributed by atoms with van der Waals surface area (Å²) < 4.78 is 0. The average molecular weight is 271 g/mol. The highest BCUT2D eigenvalue weighted by Gasteiger charge is 2.09. The Morgan fingerprint density at radius 2 is 2.25 bits per heavy atom. The highest BCUT2D eigenvalue weighted by atomic mass is 16.2. The van der Waals surface area contributed by atoms with Crippen LogP contribution >= 0.6 is 0 Å². The lowest BCUT2D eigenvalue weighted by atomic mass is 10.2. The number of carbonyl (C=O) groups is 2. The third kappa shape index (κ3) is 4.94. The van der Waals surface area contributed by atoms with Gasteiger partial charge < -0.3 is 10.2 Å². The van der Waals surface area contributed by atoms with Crippen LogP contribution in [0.5, 0.6) is 0 Å². The summed E-state index contributed by atoms with van der Waals surface area (Å²) in [6.07, 6.45) is 1.82. The van der Waals surface area contributed by atoms with Gasteiger partial charge in [0.1, 0.15) is 0 Å². The van der Waals surface area contributed by atoms with E-state index in [1.54, 1.807) is 30.3 Å². The van der Waals surface area contributed by atoms with Gasteiger partial charge in [0.2, 0.25) is 11.8 Å². The molecule has 0 aliphatic rings. The van der Waals surface area contributed by atoms with Crippen molar-refractivity contribution in [3.63, 3.8) is 0 Å². The standard InChI is InChI=1S/C15H17N3O2/c1-3-8-18(12(2)19)9-7-15(20)17-14-6-4-5-13(10-14)11-16/h3-6,10H,1,7-9H2,2H3,(H,17,20). The monoisotopic (exact) mass is 271 g/mol. The molecule has 0 radical (unpaired) electrons. The van der Waals surface area contributed by atoms with E-state index in [9.17, 15) is 9.59 Å².